The molecular formula is C22H22N2O6. The normalized spacial score (nSPS) is 26.3. The number of benzene rings is 2. The van der Waals surface area contributed by atoms with E-state index in [-0.39, 0.29) is 0 Å². The molecule has 0 bridgehead atoms. The van der Waals surface area contributed by atoms with Crippen LogP contribution >= 0.6 is 0 Å². The van der Waals surface area contributed by atoms with Crippen LogP contribution < -0.4 is 4.90 Å². The Morgan fingerprint density at radius 3 is 2.37 bits per heavy atom. The Kier molecular flexibility index (Phi) is 5.65. The van der Waals surface area contributed by atoms with Gasteiger partial charge in [0, 0.05) is 11.1 Å². The minimum Gasteiger partial charge on any atom is -0.467 e. The zero-order valence-electron chi connectivity index (χ0n) is 16.2. The summed E-state index contributed by atoms with van der Waals surface area (Å²) < 4.78 is 10.5. The van der Waals surface area contributed by atoms with Gasteiger partial charge in [0.1, 0.15) is 24.1 Å². The summed E-state index contributed by atoms with van der Waals surface area (Å²) in [6, 6.07) is 20.2. The highest BCUT2D eigenvalue weighted by Crippen LogP contribution is 2.34. The van der Waals surface area contributed by atoms with Crippen molar-refractivity contribution in [1.29, 1.82) is 0 Å². The average Bonchev–Trinajstić information content (AvgIpc) is 2.79. The van der Waals surface area contributed by atoms with Crippen molar-refractivity contribution >= 4 is 28.4 Å². The van der Waals surface area contributed by atoms with Gasteiger partial charge in [-0.05, 0) is 30.3 Å². The van der Waals surface area contributed by atoms with E-state index in [1.165, 1.54) is 0 Å². The second-order valence-corrected chi connectivity index (χ2v) is 7.01. The first-order chi connectivity index (χ1) is 14.5. The number of esters is 1. The summed E-state index contributed by atoms with van der Waals surface area (Å²) in [4.78, 5) is 18.4. The molecule has 1 aliphatic heterocycles. The van der Waals surface area contributed by atoms with E-state index in [1.807, 2.05) is 48.5 Å². The molecule has 1 saturated heterocycles. The number of aromatic nitrogens is 1. The fourth-order valence-electron chi connectivity index (χ4n) is 3.57. The van der Waals surface area contributed by atoms with Crippen LogP contribution in [0.1, 0.15) is 0 Å². The van der Waals surface area contributed by atoms with Gasteiger partial charge in [0.15, 0.2) is 12.3 Å². The molecule has 3 aromatic rings. The molecule has 0 radical (unpaired) electrons. The third kappa shape index (κ3) is 3.61. The Morgan fingerprint density at radius 2 is 1.63 bits per heavy atom. The molecule has 0 spiro atoms. The number of para-hydroxylation sites is 2. The summed E-state index contributed by atoms with van der Waals surface area (Å²) in [7, 11) is 1.16. The van der Waals surface area contributed by atoms with Crippen LogP contribution in [-0.2, 0) is 14.3 Å². The van der Waals surface area contributed by atoms with Gasteiger partial charge in [-0.2, -0.15) is 0 Å². The van der Waals surface area contributed by atoms with Crippen LogP contribution in [0.5, 0.6) is 0 Å². The van der Waals surface area contributed by atoms with E-state index in [4.69, 9.17) is 9.47 Å². The third-order valence-corrected chi connectivity index (χ3v) is 5.14. The number of hydrogen-bond donors (Lipinski definition) is 3. The molecule has 0 amide bonds. The number of carbonyl (C=O) groups excluding carboxylic acids is 1. The number of nitrogens with zero attached hydrogens (tertiary/aromatic N) is 2. The van der Waals surface area contributed by atoms with E-state index < -0.39 is 36.6 Å². The van der Waals surface area contributed by atoms with Crippen molar-refractivity contribution in [3.63, 3.8) is 0 Å². The summed E-state index contributed by atoms with van der Waals surface area (Å²) in [5.41, 5.74) is 1.35. The molecule has 8 nitrogen and oxygen atoms in total. The number of methoxy groups -OCH3 is 1. The van der Waals surface area contributed by atoms with Gasteiger partial charge in [0.25, 0.3) is 0 Å². The summed E-state index contributed by atoms with van der Waals surface area (Å²) in [6.45, 7) is 0. The highest BCUT2D eigenvalue weighted by molar-refractivity contribution is 5.81. The van der Waals surface area contributed by atoms with E-state index in [1.54, 1.807) is 23.1 Å². The number of anilines is 2. The number of fused-ring (bicyclic) bond motifs is 1. The van der Waals surface area contributed by atoms with Crippen molar-refractivity contribution in [2.24, 2.45) is 0 Å². The summed E-state index contributed by atoms with van der Waals surface area (Å²) in [6.07, 6.45) is -7.45. The van der Waals surface area contributed by atoms with E-state index in [9.17, 15) is 20.1 Å². The lowest BCUT2D eigenvalue weighted by molar-refractivity contribution is -0.227. The van der Waals surface area contributed by atoms with Crippen LogP contribution in [0.3, 0.4) is 0 Å². The minimum atomic E-state index is -1.63. The predicted octanol–water partition coefficient (Wildman–Crippen LogP) is 1.35. The lowest BCUT2D eigenvalue weighted by atomic mass is 9.97. The molecule has 1 aliphatic rings. The summed E-state index contributed by atoms with van der Waals surface area (Å²) >= 11 is 0. The van der Waals surface area contributed by atoms with Crippen molar-refractivity contribution < 1.29 is 29.6 Å². The van der Waals surface area contributed by atoms with Gasteiger partial charge in [-0.3, -0.25) is 4.90 Å². The van der Waals surface area contributed by atoms with Gasteiger partial charge in [-0.15, -0.1) is 0 Å². The van der Waals surface area contributed by atoms with Crippen molar-refractivity contribution in [2.45, 2.75) is 30.6 Å². The van der Waals surface area contributed by atoms with Crippen molar-refractivity contribution in [3.05, 3.63) is 66.7 Å². The smallest absolute Gasteiger partial charge is 0.337 e. The zero-order valence-corrected chi connectivity index (χ0v) is 16.2. The summed E-state index contributed by atoms with van der Waals surface area (Å²) in [5.74, 6) is -0.408. The number of ether oxygens (including phenoxy) is 2. The van der Waals surface area contributed by atoms with Crippen LogP contribution in [0, 0.1) is 0 Å². The fourth-order valence-corrected chi connectivity index (χ4v) is 3.57. The number of rotatable bonds is 4. The lowest BCUT2D eigenvalue weighted by Gasteiger charge is -2.44. The molecular weight excluding hydrogens is 388 g/mol. The summed E-state index contributed by atoms with van der Waals surface area (Å²) in [5, 5.41) is 32.3. The second-order valence-electron chi connectivity index (χ2n) is 7.01. The minimum absolute atomic E-state index is 0.441. The van der Waals surface area contributed by atoms with Gasteiger partial charge in [0.05, 0.1) is 12.6 Å². The Balaban J connectivity index is 1.81. The first-order valence-corrected chi connectivity index (χ1v) is 9.49. The molecule has 0 saturated carbocycles. The molecule has 156 valence electrons. The van der Waals surface area contributed by atoms with Crippen LogP contribution in [-0.4, -0.2) is 64.0 Å². The fraction of sp³-hybridized carbons (Fsp3) is 0.273. The molecule has 0 unspecified atom stereocenters. The lowest BCUT2D eigenvalue weighted by Crippen LogP contribution is -2.63. The van der Waals surface area contributed by atoms with Crippen molar-refractivity contribution in [3.8, 4) is 0 Å². The number of aliphatic hydroxyl groups excluding tert-OH is 3. The van der Waals surface area contributed by atoms with Gasteiger partial charge < -0.3 is 24.8 Å². The first kappa shape index (κ1) is 20.2. The number of aliphatic hydroxyl groups is 3. The maximum Gasteiger partial charge on any atom is 0.337 e. The number of hydrogen-bond acceptors (Lipinski definition) is 8. The van der Waals surface area contributed by atoms with E-state index in [0.29, 0.717) is 11.5 Å². The van der Waals surface area contributed by atoms with E-state index >= 15 is 0 Å². The first-order valence-electron chi connectivity index (χ1n) is 9.49. The molecule has 3 N–H and O–H groups in total. The Hall–Kier alpha value is -3.04. The number of pyridine rings is 1. The molecule has 8 heteroatoms. The molecule has 2 aromatic carbocycles. The van der Waals surface area contributed by atoms with Gasteiger partial charge >= 0.3 is 5.97 Å². The Bertz CT molecular complexity index is 1030. The quantitative estimate of drug-likeness (QED) is 0.553. The van der Waals surface area contributed by atoms with Crippen molar-refractivity contribution in [2.75, 3.05) is 12.0 Å². The van der Waals surface area contributed by atoms with Crippen molar-refractivity contribution in [1.82, 2.24) is 4.98 Å². The van der Waals surface area contributed by atoms with Gasteiger partial charge in [-0.25, -0.2) is 9.78 Å². The van der Waals surface area contributed by atoms with Gasteiger partial charge in [0.2, 0.25) is 0 Å². The predicted molar refractivity (Wildman–Crippen MR) is 109 cm³/mol. The topological polar surface area (TPSA) is 112 Å². The van der Waals surface area contributed by atoms with E-state index in [0.717, 1.165) is 18.0 Å². The molecule has 2 heterocycles. The monoisotopic (exact) mass is 410 g/mol. The maximum absolute atomic E-state index is 12.1. The van der Waals surface area contributed by atoms with Gasteiger partial charge in [-0.1, -0.05) is 36.4 Å². The molecule has 0 aliphatic carbocycles. The maximum atomic E-state index is 12.1. The third-order valence-electron chi connectivity index (χ3n) is 5.14. The van der Waals surface area contributed by atoms with Crippen LogP contribution in [0.25, 0.3) is 10.9 Å². The van der Waals surface area contributed by atoms with E-state index in [2.05, 4.69) is 4.98 Å². The highest BCUT2D eigenvalue weighted by Gasteiger charge is 2.49. The number of carbonyl (C=O) groups is 1. The largest absolute Gasteiger partial charge is 0.467 e. The zero-order chi connectivity index (χ0) is 21.3. The molecule has 4 rings (SSSR count). The molecule has 5 atom stereocenters. The van der Waals surface area contributed by atoms with Crippen LogP contribution in [0.4, 0.5) is 11.5 Å². The van der Waals surface area contributed by atoms with Crippen LogP contribution in [0.15, 0.2) is 66.7 Å². The molecule has 1 fully saturated rings. The molecule has 30 heavy (non-hydrogen) atoms. The second kappa shape index (κ2) is 8.37. The Labute approximate surface area is 172 Å². The standard InChI is InChI=1S/C22H22N2O6/c1-29-22(28)20-18(26)17(25)19(27)21(30-20)24(14-8-3-2-4-9-14)16-12-11-13-7-5-6-10-15(13)23-16/h2-12,17-21,25-27H,1H3/t17-,18-,19+,20-,21+/m0/s1. The average molecular weight is 410 g/mol. The SMILES string of the molecule is COC(=O)[C@H]1O[C@@H](N(c2ccccc2)c2ccc3ccccc3n2)[C@H](O)[C@@H](O)[C@@H]1O. The van der Waals surface area contributed by atoms with Crippen LogP contribution in [0.2, 0.25) is 0 Å². The highest BCUT2D eigenvalue weighted by atomic mass is 16.6. The Morgan fingerprint density at radius 1 is 0.933 bits per heavy atom. The molecule has 1 aromatic heterocycles.